The number of anilines is 1. The molecule has 0 radical (unpaired) electrons. The Morgan fingerprint density at radius 3 is 3.00 bits per heavy atom. The standard InChI is InChI=1S/C17H21ClFN3O/c18-12-1-2-16-11(7-12)3-6-22(16)14-8-15(20-9-14)17(23)21-5-4-13(19)10-21/h1-2,7,13-15,20H,3-6,8-10H2/t13?,14-,15-/m0/s1. The number of carbonyl (C=O) groups excluding carboxylic acids is 1. The Balaban J connectivity index is 1.43. The van der Waals surface area contributed by atoms with Crippen molar-refractivity contribution in [3.05, 3.63) is 28.8 Å². The first kappa shape index (κ1) is 15.2. The summed E-state index contributed by atoms with van der Waals surface area (Å²) in [5.41, 5.74) is 2.52. The maximum Gasteiger partial charge on any atom is 0.239 e. The molecule has 1 amide bonds. The normalized spacial score (nSPS) is 30.1. The highest BCUT2D eigenvalue weighted by atomic mass is 35.5. The van der Waals surface area contributed by atoms with Crippen LogP contribution in [0.25, 0.3) is 0 Å². The number of alkyl halides is 1. The van der Waals surface area contributed by atoms with Gasteiger partial charge < -0.3 is 15.1 Å². The van der Waals surface area contributed by atoms with E-state index in [2.05, 4.69) is 16.3 Å². The third-order valence-corrected chi connectivity index (χ3v) is 5.50. The van der Waals surface area contributed by atoms with E-state index in [9.17, 15) is 9.18 Å². The molecule has 3 heterocycles. The minimum absolute atomic E-state index is 0.0585. The Bertz CT molecular complexity index is 626. The molecular formula is C17H21ClFN3O. The van der Waals surface area contributed by atoms with Gasteiger partial charge in [0.1, 0.15) is 6.17 Å². The Morgan fingerprint density at radius 2 is 2.22 bits per heavy atom. The summed E-state index contributed by atoms with van der Waals surface area (Å²) < 4.78 is 13.3. The molecule has 0 bridgehead atoms. The predicted molar refractivity (Wildman–Crippen MR) is 88.8 cm³/mol. The van der Waals surface area contributed by atoms with Crippen molar-refractivity contribution >= 4 is 23.2 Å². The molecule has 2 fully saturated rings. The molecule has 4 rings (SSSR count). The van der Waals surface area contributed by atoms with Crippen molar-refractivity contribution in [2.24, 2.45) is 0 Å². The van der Waals surface area contributed by atoms with Gasteiger partial charge >= 0.3 is 0 Å². The number of fused-ring (bicyclic) bond motifs is 1. The molecule has 3 aliphatic rings. The topological polar surface area (TPSA) is 35.6 Å². The van der Waals surface area contributed by atoms with Crippen molar-refractivity contribution in [3.63, 3.8) is 0 Å². The summed E-state index contributed by atoms with van der Waals surface area (Å²) in [6.45, 7) is 2.57. The average molecular weight is 338 g/mol. The van der Waals surface area contributed by atoms with Gasteiger partial charge in [0.05, 0.1) is 12.6 Å². The highest BCUT2D eigenvalue weighted by Gasteiger charge is 2.38. The van der Waals surface area contributed by atoms with Gasteiger partial charge in [-0.05, 0) is 43.0 Å². The maximum absolute atomic E-state index is 13.3. The van der Waals surface area contributed by atoms with E-state index in [1.165, 1.54) is 11.3 Å². The van der Waals surface area contributed by atoms with Crippen LogP contribution in [0.2, 0.25) is 5.02 Å². The number of nitrogens with zero attached hydrogens (tertiary/aromatic N) is 2. The third-order valence-electron chi connectivity index (χ3n) is 5.26. The van der Waals surface area contributed by atoms with Gasteiger partial charge in [-0.2, -0.15) is 0 Å². The van der Waals surface area contributed by atoms with Gasteiger partial charge in [0.2, 0.25) is 5.91 Å². The molecule has 6 heteroatoms. The van der Waals surface area contributed by atoms with Crippen molar-refractivity contribution in [1.29, 1.82) is 0 Å². The molecule has 3 aliphatic heterocycles. The fourth-order valence-corrected chi connectivity index (χ4v) is 4.25. The molecule has 0 aromatic heterocycles. The fourth-order valence-electron chi connectivity index (χ4n) is 4.06. The second kappa shape index (κ2) is 5.95. The smallest absolute Gasteiger partial charge is 0.239 e. The number of benzene rings is 1. The lowest BCUT2D eigenvalue weighted by Crippen LogP contribution is -2.42. The van der Waals surface area contributed by atoms with Crippen molar-refractivity contribution in [1.82, 2.24) is 10.2 Å². The number of carbonyl (C=O) groups is 1. The van der Waals surface area contributed by atoms with Gasteiger partial charge in [0.15, 0.2) is 0 Å². The van der Waals surface area contributed by atoms with Crippen LogP contribution in [-0.2, 0) is 11.2 Å². The van der Waals surface area contributed by atoms with E-state index in [-0.39, 0.29) is 18.5 Å². The minimum Gasteiger partial charge on any atom is -0.367 e. The van der Waals surface area contributed by atoms with E-state index in [0.29, 0.717) is 19.0 Å². The second-order valence-corrected chi connectivity index (χ2v) is 7.17. The molecule has 0 aliphatic carbocycles. The van der Waals surface area contributed by atoms with E-state index in [1.54, 1.807) is 4.90 Å². The summed E-state index contributed by atoms with van der Waals surface area (Å²) in [5.74, 6) is 0.0585. The SMILES string of the molecule is O=C([C@@H]1C[C@H](N2CCc3cc(Cl)ccc32)CN1)N1CCC(F)C1. The average Bonchev–Trinajstić information content (AvgIpc) is 3.24. The van der Waals surface area contributed by atoms with Crippen molar-refractivity contribution in [3.8, 4) is 0 Å². The lowest BCUT2D eigenvalue weighted by atomic mass is 10.1. The van der Waals surface area contributed by atoms with Crippen LogP contribution in [0, 0.1) is 0 Å². The van der Waals surface area contributed by atoms with Crippen LogP contribution in [0.15, 0.2) is 18.2 Å². The van der Waals surface area contributed by atoms with Gasteiger partial charge in [0, 0.05) is 36.4 Å². The van der Waals surface area contributed by atoms with Crippen LogP contribution in [0.1, 0.15) is 18.4 Å². The highest BCUT2D eigenvalue weighted by Crippen LogP contribution is 2.34. The maximum atomic E-state index is 13.3. The molecule has 1 unspecified atom stereocenters. The fraction of sp³-hybridized carbons (Fsp3) is 0.588. The number of rotatable bonds is 2. The summed E-state index contributed by atoms with van der Waals surface area (Å²) in [4.78, 5) is 16.6. The van der Waals surface area contributed by atoms with Crippen LogP contribution >= 0.6 is 11.6 Å². The second-order valence-electron chi connectivity index (χ2n) is 6.74. The number of likely N-dealkylation sites (tertiary alicyclic amines) is 1. The molecule has 1 aromatic rings. The summed E-state index contributed by atoms with van der Waals surface area (Å²) in [7, 11) is 0. The summed E-state index contributed by atoms with van der Waals surface area (Å²) in [6.07, 6.45) is 1.41. The number of hydrogen-bond acceptors (Lipinski definition) is 3. The van der Waals surface area contributed by atoms with E-state index in [0.717, 1.165) is 31.0 Å². The summed E-state index contributed by atoms with van der Waals surface area (Å²) in [5, 5.41) is 4.11. The lowest BCUT2D eigenvalue weighted by molar-refractivity contribution is -0.132. The van der Waals surface area contributed by atoms with Crippen LogP contribution < -0.4 is 10.2 Å². The van der Waals surface area contributed by atoms with E-state index < -0.39 is 6.17 Å². The zero-order valence-corrected chi connectivity index (χ0v) is 13.7. The largest absolute Gasteiger partial charge is 0.367 e. The zero-order chi connectivity index (χ0) is 16.0. The van der Waals surface area contributed by atoms with Crippen LogP contribution in [-0.4, -0.2) is 55.2 Å². The summed E-state index contributed by atoms with van der Waals surface area (Å²) in [6, 6.07) is 6.17. The van der Waals surface area contributed by atoms with Crippen molar-refractivity contribution in [2.45, 2.75) is 37.5 Å². The van der Waals surface area contributed by atoms with Crippen LogP contribution in [0.4, 0.5) is 10.1 Å². The first-order valence-corrected chi connectivity index (χ1v) is 8.71. The predicted octanol–water partition coefficient (Wildman–Crippen LogP) is 2.00. The lowest BCUT2D eigenvalue weighted by Gasteiger charge is -2.27. The van der Waals surface area contributed by atoms with E-state index in [1.807, 2.05) is 12.1 Å². The van der Waals surface area contributed by atoms with E-state index >= 15 is 0 Å². The van der Waals surface area contributed by atoms with Crippen molar-refractivity contribution in [2.75, 3.05) is 31.1 Å². The minimum atomic E-state index is -0.855. The van der Waals surface area contributed by atoms with E-state index in [4.69, 9.17) is 11.6 Å². The molecule has 2 saturated heterocycles. The molecule has 0 spiro atoms. The Labute approximate surface area is 140 Å². The first-order chi connectivity index (χ1) is 11.1. The number of halogens is 2. The summed E-state index contributed by atoms with van der Waals surface area (Å²) >= 11 is 6.07. The van der Waals surface area contributed by atoms with Crippen molar-refractivity contribution < 1.29 is 9.18 Å². The van der Waals surface area contributed by atoms with Gasteiger partial charge in [0.25, 0.3) is 0 Å². The van der Waals surface area contributed by atoms with Crippen LogP contribution in [0.3, 0.4) is 0 Å². The van der Waals surface area contributed by atoms with Gasteiger partial charge in [-0.1, -0.05) is 11.6 Å². The quantitative estimate of drug-likeness (QED) is 0.896. The molecule has 1 N–H and O–H groups in total. The first-order valence-electron chi connectivity index (χ1n) is 8.33. The van der Waals surface area contributed by atoms with Gasteiger partial charge in [-0.15, -0.1) is 0 Å². The molecular weight excluding hydrogens is 317 g/mol. The molecule has 1 aromatic carbocycles. The number of nitrogens with one attached hydrogen (secondary N) is 1. The van der Waals surface area contributed by atoms with Gasteiger partial charge in [-0.25, -0.2) is 4.39 Å². The molecule has 124 valence electrons. The van der Waals surface area contributed by atoms with Crippen LogP contribution in [0.5, 0.6) is 0 Å². The zero-order valence-electron chi connectivity index (χ0n) is 13.0. The third kappa shape index (κ3) is 2.81. The molecule has 4 nitrogen and oxygen atoms in total. The van der Waals surface area contributed by atoms with Gasteiger partial charge in [-0.3, -0.25) is 4.79 Å². The highest BCUT2D eigenvalue weighted by molar-refractivity contribution is 6.30. The number of amides is 1. The Kier molecular flexibility index (Phi) is 3.93. The monoisotopic (exact) mass is 337 g/mol. The Morgan fingerprint density at radius 1 is 1.35 bits per heavy atom. The molecule has 23 heavy (non-hydrogen) atoms. The molecule has 0 saturated carbocycles. The number of hydrogen-bond donors (Lipinski definition) is 1. The molecule has 3 atom stereocenters. The Hall–Kier alpha value is -1.33.